The van der Waals surface area contributed by atoms with Gasteiger partial charge in [-0.1, -0.05) is 18.9 Å². The third kappa shape index (κ3) is 2.97. The molecule has 0 aliphatic heterocycles. The molecule has 17 heavy (non-hydrogen) atoms. The maximum atomic E-state index is 9.12. The first-order valence-electron chi connectivity index (χ1n) is 6.49. The average molecular weight is 234 g/mol. The highest BCUT2D eigenvalue weighted by Gasteiger charge is 2.17. The van der Waals surface area contributed by atoms with Gasteiger partial charge >= 0.3 is 0 Å². The van der Waals surface area contributed by atoms with Crippen molar-refractivity contribution < 1.29 is 5.11 Å². The molecular weight excluding hydrogens is 212 g/mol. The third-order valence-corrected chi connectivity index (χ3v) is 3.75. The van der Waals surface area contributed by atoms with Gasteiger partial charge in [-0.05, 0) is 37.3 Å². The summed E-state index contributed by atoms with van der Waals surface area (Å²) in [5.41, 5.74) is 1.85. The number of aliphatic hydroxyl groups excluding tert-OH is 1. The Hall–Kier alpha value is -1.09. The van der Waals surface area contributed by atoms with Gasteiger partial charge in [0, 0.05) is 19.3 Å². The van der Waals surface area contributed by atoms with Crippen LogP contribution in [0, 0.1) is 12.8 Å². The van der Waals surface area contributed by atoms with E-state index in [-0.39, 0.29) is 6.61 Å². The molecule has 1 N–H and O–H groups in total. The van der Waals surface area contributed by atoms with Crippen molar-refractivity contribution in [3.8, 4) is 0 Å². The van der Waals surface area contributed by atoms with Crippen LogP contribution in [0.4, 0.5) is 5.82 Å². The summed E-state index contributed by atoms with van der Waals surface area (Å²) in [6, 6.07) is 3.98. The second-order valence-corrected chi connectivity index (χ2v) is 5.10. The molecule has 1 aliphatic carbocycles. The Morgan fingerprint density at radius 3 is 2.65 bits per heavy atom. The third-order valence-electron chi connectivity index (χ3n) is 3.75. The first-order valence-corrected chi connectivity index (χ1v) is 6.49. The van der Waals surface area contributed by atoms with Gasteiger partial charge in [-0.2, -0.15) is 0 Å². The number of nitrogens with zero attached hydrogens (tertiary/aromatic N) is 2. The first-order chi connectivity index (χ1) is 8.20. The Morgan fingerprint density at radius 1 is 1.35 bits per heavy atom. The van der Waals surface area contributed by atoms with E-state index in [9.17, 15) is 0 Å². The second-order valence-electron chi connectivity index (χ2n) is 5.10. The molecule has 1 aromatic heterocycles. The summed E-state index contributed by atoms with van der Waals surface area (Å²) in [5, 5.41) is 9.12. The van der Waals surface area contributed by atoms with Gasteiger partial charge in [0.1, 0.15) is 5.82 Å². The standard InChI is InChI=1S/C14H22N2O/c1-11-13(10-17)7-8-14(15-11)16(2)9-12-5-3-4-6-12/h7-8,12,17H,3-6,9-10H2,1-2H3. The fourth-order valence-corrected chi connectivity index (χ4v) is 2.63. The van der Waals surface area contributed by atoms with E-state index >= 15 is 0 Å². The molecule has 0 spiro atoms. The van der Waals surface area contributed by atoms with Crippen molar-refractivity contribution in [1.82, 2.24) is 4.98 Å². The molecule has 1 heterocycles. The molecule has 1 aromatic rings. The van der Waals surface area contributed by atoms with Gasteiger partial charge in [-0.25, -0.2) is 4.98 Å². The normalized spacial score (nSPS) is 16.4. The molecule has 0 saturated heterocycles. The first kappa shape index (κ1) is 12.4. The molecule has 3 nitrogen and oxygen atoms in total. The lowest BCUT2D eigenvalue weighted by Crippen LogP contribution is -2.25. The Bertz CT molecular complexity index is 372. The SMILES string of the molecule is Cc1nc(N(C)CC2CCCC2)ccc1CO. The zero-order valence-electron chi connectivity index (χ0n) is 10.8. The summed E-state index contributed by atoms with van der Waals surface area (Å²) in [6.45, 7) is 3.13. The molecule has 2 rings (SSSR count). The van der Waals surface area contributed by atoms with Crippen LogP contribution in [0.25, 0.3) is 0 Å². The van der Waals surface area contributed by atoms with Crippen LogP contribution in [-0.4, -0.2) is 23.7 Å². The minimum Gasteiger partial charge on any atom is -0.392 e. The molecule has 1 aliphatic rings. The van der Waals surface area contributed by atoms with E-state index in [0.717, 1.165) is 29.5 Å². The summed E-state index contributed by atoms with van der Waals surface area (Å²) in [4.78, 5) is 6.79. The quantitative estimate of drug-likeness (QED) is 0.869. The summed E-state index contributed by atoms with van der Waals surface area (Å²) in [7, 11) is 2.11. The number of anilines is 1. The lowest BCUT2D eigenvalue weighted by molar-refractivity contribution is 0.280. The predicted molar refractivity (Wildman–Crippen MR) is 70.1 cm³/mol. The van der Waals surface area contributed by atoms with Crippen molar-refractivity contribution in [1.29, 1.82) is 0 Å². The zero-order valence-corrected chi connectivity index (χ0v) is 10.8. The van der Waals surface area contributed by atoms with Crippen LogP contribution in [0.3, 0.4) is 0 Å². The van der Waals surface area contributed by atoms with Crippen LogP contribution in [0.15, 0.2) is 12.1 Å². The van der Waals surface area contributed by atoms with Gasteiger partial charge in [0.05, 0.1) is 6.61 Å². The van der Waals surface area contributed by atoms with Gasteiger partial charge in [0.25, 0.3) is 0 Å². The van der Waals surface area contributed by atoms with Crippen molar-refractivity contribution in [3.05, 3.63) is 23.4 Å². The van der Waals surface area contributed by atoms with Crippen LogP contribution in [0.5, 0.6) is 0 Å². The van der Waals surface area contributed by atoms with E-state index in [4.69, 9.17) is 5.11 Å². The van der Waals surface area contributed by atoms with E-state index in [1.807, 2.05) is 19.1 Å². The van der Waals surface area contributed by atoms with Crippen LogP contribution in [0.2, 0.25) is 0 Å². The number of rotatable bonds is 4. The molecule has 0 radical (unpaired) electrons. The molecule has 0 aromatic carbocycles. The van der Waals surface area contributed by atoms with Crippen molar-refractivity contribution in [3.63, 3.8) is 0 Å². The van der Waals surface area contributed by atoms with Crippen molar-refractivity contribution in [2.45, 2.75) is 39.2 Å². The van der Waals surface area contributed by atoms with Crippen LogP contribution < -0.4 is 4.90 Å². The maximum Gasteiger partial charge on any atom is 0.128 e. The Kier molecular flexibility index (Phi) is 4.00. The fourth-order valence-electron chi connectivity index (χ4n) is 2.63. The summed E-state index contributed by atoms with van der Waals surface area (Å²) in [5.74, 6) is 1.85. The summed E-state index contributed by atoms with van der Waals surface area (Å²) < 4.78 is 0. The molecule has 1 fully saturated rings. The summed E-state index contributed by atoms with van der Waals surface area (Å²) >= 11 is 0. The molecule has 3 heteroatoms. The van der Waals surface area contributed by atoms with Gasteiger partial charge in [-0.3, -0.25) is 0 Å². The Morgan fingerprint density at radius 2 is 2.06 bits per heavy atom. The fraction of sp³-hybridized carbons (Fsp3) is 0.643. The summed E-state index contributed by atoms with van der Waals surface area (Å²) in [6.07, 6.45) is 5.49. The van der Waals surface area contributed by atoms with Gasteiger partial charge in [0.15, 0.2) is 0 Å². The van der Waals surface area contributed by atoms with Crippen LogP contribution >= 0.6 is 0 Å². The van der Waals surface area contributed by atoms with Gasteiger partial charge < -0.3 is 10.0 Å². The highest BCUT2D eigenvalue weighted by molar-refractivity contribution is 5.40. The highest BCUT2D eigenvalue weighted by Crippen LogP contribution is 2.26. The zero-order chi connectivity index (χ0) is 12.3. The van der Waals surface area contributed by atoms with Crippen molar-refractivity contribution >= 4 is 5.82 Å². The van der Waals surface area contributed by atoms with E-state index in [2.05, 4.69) is 16.9 Å². The molecule has 0 bridgehead atoms. The second kappa shape index (κ2) is 5.50. The van der Waals surface area contributed by atoms with Crippen LogP contribution in [-0.2, 0) is 6.61 Å². The number of hydrogen-bond donors (Lipinski definition) is 1. The number of aryl methyl sites for hydroxylation is 1. The predicted octanol–water partition coefficient (Wildman–Crippen LogP) is 2.51. The number of pyridine rings is 1. The highest BCUT2D eigenvalue weighted by atomic mass is 16.3. The van der Waals surface area contributed by atoms with E-state index in [1.165, 1.54) is 25.7 Å². The van der Waals surface area contributed by atoms with E-state index in [1.54, 1.807) is 0 Å². The van der Waals surface area contributed by atoms with Crippen molar-refractivity contribution in [2.75, 3.05) is 18.5 Å². The lowest BCUT2D eigenvalue weighted by atomic mass is 10.1. The lowest BCUT2D eigenvalue weighted by Gasteiger charge is -2.22. The molecular formula is C14H22N2O. The molecule has 0 amide bonds. The molecule has 94 valence electrons. The molecule has 0 unspecified atom stereocenters. The number of hydrogen-bond acceptors (Lipinski definition) is 3. The van der Waals surface area contributed by atoms with E-state index < -0.39 is 0 Å². The Balaban J connectivity index is 2.02. The molecule has 1 saturated carbocycles. The number of aromatic nitrogens is 1. The minimum atomic E-state index is 0.0749. The topological polar surface area (TPSA) is 36.4 Å². The van der Waals surface area contributed by atoms with Gasteiger partial charge in [-0.15, -0.1) is 0 Å². The average Bonchev–Trinajstić information content (AvgIpc) is 2.81. The molecule has 0 atom stereocenters. The minimum absolute atomic E-state index is 0.0749. The van der Waals surface area contributed by atoms with Gasteiger partial charge in [0.2, 0.25) is 0 Å². The smallest absolute Gasteiger partial charge is 0.128 e. The Labute approximate surface area is 103 Å². The van der Waals surface area contributed by atoms with Crippen molar-refractivity contribution in [2.24, 2.45) is 5.92 Å². The monoisotopic (exact) mass is 234 g/mol. The maximum absolute atomic E-state index is 9.12. The van der Waals surface area contributed by atoms with E-state index in [0.29, 0.717) is 0 Å². The van der Waals surface area contributed by atoms with Crippen LogP contribution in [0.1, 0.15) is 36.9 Å². The largest absolute Gasteiger partial charge is 0.392 e. The number of aliphatic hydroxyl groups is 1.